The van der Waals surface area contributed by atoms with Crippen molar-refractivity contribution < 1.29 is 14.6 Å². The Morgan fingerprint density at radius 2 is 1.86 bits per heavy atom. The van der Waals surface area contributed by atoms with Crippen molar-refractivity contribution in [2.45, 2.75) is 78.0 Å². The second kappa shape index (κ2) is 11.8. The highest BCUT2D eigenvalue weighted by Crippen LogP contribution is 2.22. The van der Waals surface area contributed by atoms with Gasteiger partial charge in [-0.3, -0.25) is 0 Å². The molecule has 0 bridgehead atoms. The second-order valence-electron chi connectivity index (χ2n) is 9.32. The van der Waals surface area contributed by atoms with E-state index in [0.29, 0.717) is 19.4 Å². The van der Waals surface area contributed by atoms with Crippen LogP contribution in [0.1, 0.15) is 59.4 Å². The fourth-order valence-electron chi connectivity index (χ4n) is 3.05. The average Bonchev–Trinajstić information content (AvgIpc) is 2.60. The summed E-state index contributed by atoms with van der Waals surface area (Å²) in [6, 6.07) is 11.5. The minimum atomic E-state index is -0.766. The van der Waals surface area contributed by atoms with Crippen LogP contribution in [0.5, 0.6) is 0 Å². The van der Waals surface area contributed by atoms with Gasteiger partial charge in [0.15, 0.2) is 0 Å². The Kier molecular flexibility index (Phi) is 10.1. The Morgan fingerprint density at radius 3 is 2.45 bits per heavy atom. The van der Waals surface area contributed by atoms with Crippen LogP contribution in [-0.2, 0) is 11.2 Å². The maximum Gasteiger partial charge on any atom is 0.407 e. The summed E-state index contributed by atoms with van der Waals surface area (Å²) in [4.78, 5) is 12.3. The quantitative estimate of drug-likeness (QED) is 0.489. The monoisotopic (exact) mass is 403 g/mol. The molecule has 1 aromatic carbocycles. The van der Waals surface area contributed by atoms with E-state index in [2.05, 4.69) is 30.6 Å². The molecule has 0 saturated carbocycles. The van der Waals surface area contributed by atoms with Crippen molar-refractivity contribution in [3.05, 3.63) is 35.9 Å². The number of amides is 1. The van der Waals surface area contributed by atoms with Crippen LogP contribution in [0.15, 0.2) is 30.3 Å². The summed E-state index contributed by atoms with van der Waals surface area (Å²) >= 11 is 0. The van der Waals surface area contributed by atoms with Gasteiger partial charge in [0.2, 0.25) is 0 Å². The van der Waals surface area contributed by atoms with E-state index in [1.54, 1.807) is 0 Å². The van der Waals surface area contributed by atoms with Gasteiger partial charge in [0.25, 0.3) is 0 Å². The number of hydrogen-bond acceptors (Lipinski definition) is 5. The van der Waals surface area contributed by atoms with Gasteiger partial charge >= 0.3 is 6.09 Å². The summed E-state index contributed by atoms with van der Waals surface area (Å²) < 4.78 is 5.36. The molecule has 0 saturated heterocycles. The number of rotatable bonds is 11. The van der Waals surface area contributed by atoms with Crippen molar-refractivity contribution in [1.29, 1.82) is 5.26 Å². The highest BCUT2D eigenvalue weighted by Gasteiger charge is 2.25. The van der Waals surface area contributed by atoms with Crippen LogP contribution in [-0.4, -0.2) is 42.0 Å². The van der Waals surface area contributed by atoms with Crippen molar-refractivity contribution >= 4 is 6.09 Å². The SMILES string of the molecule is CC(C)(CCCC#N)CNCC(O)C(Cc1ccccc1)NC(=O)OC(C)(C)C. The van der Waals surface area contributed by atoms with Gasteiger partial charge < -0.3 is 20.5 Å². The standard InChI is InChI=1S/C23H37N3O3/c1-22(2,3)29-21(28)26-19(15-18-11-7-6-8-12-18)20(27)16-25-17-23(4,5)13-9-10-14-24/h6-8,11-12,19-20,25,27H,9-10,13,15-17H2,1-5H3,(H,26,28). The molecular formula is C23H37N3O3. The number of carbonyl (C=O) groups is 1. The second-order valence-corrected chi connectivity index (χ2v) is 9.32. The predicted molar refractivity (Wildman–Crippen MR) is 115 cm³/mol. The van der Waals surface area contributed by atoms with Crippen molar-refractivity contribution in [3.8, 4) is 6.07 Å². The molecule has 29 heavy (non-hydrogen) atoms. The van der Waals surface area contributed by atoms with Crippen LogP contribution in [0.25, 0.3) is 0 Å². The largest absolute Gasteiger partial charge is 0.444 e. The fraction of sp³-hybridized carbons (Fsp3) is 0.652. The summed E-state index contributed by atoms with van der Waals surface area (Å²) in [5.74, 6) is 0. The topological polar surface area (TPSA) is 94.4 Å². The molecule has 1 amide bonds. The molecule has 3 N–H and O–H groups in total. The molecule has 0 heterocycles. The molecule has 2 unspecified atom stereocenters. The molecule has 0 aliphatic rings. The van der Waals surface area contributed by atoms with Gasteiger partial charge in [-0.15, -0.1) is 0 Å². The van der Waals surface area contributed by atoms with Gasteiger partial charge in [0, 0.05) is 19.5 Å². The molecule has 1 aromatic rings. The van der Waals surface area contributed by atoms with Crippen molar-refractivity contribution in [1.82, 2.24) is 10.6 Å². The van der Waals surface area contributed by atoms with E-state index >= 15 is 0 Å². The number of aliphatic hydroxyl groups excluding tert-OH is 1. The summed E-state index contributed by atoms with van der Waals surface area (Å²) in [6.45, 7) is 10.8. The van der Waals surface area contributed by atoms with Crippen molar-refractivity contribution in [2.24, 2.45) is 5.41 Å². The molecule has 6 nitrogen and oxygen atoms in total. The van der Waals surface area contributed by atoms with Crippen LogP contribution in [0, 0.1) is 16.7 Å². The fourth-order valence-corrected chi connectivity index (χ4v) is 3.05. The van der Waals surface area contributed by atoms with E-state index in [1.165, 1.54) is 0 Å². The number of hydrogen-bond donors (Lipinski definition) is 3. The normalized spacial score (nSPS) is 14.0. The molecule has 0 radical (unpaired) electrons. The zero-order valence-corrected chi connectivity index (χ0v) is 18.5. The maximum atomic E-state index is 12.3. The average molecular weight is 404 g/mol. The lowest BCUT2D eigenvalue weighted by Gasteiger charge is -2.29. The first-order valence-corrected chi connectivity index (χ1v) is 10.3. The molecule has 162 valence electrons. The third kappa shape index (κ3) is 11.5. The number of carbonyl (C=O) groups excluding carboxylic acids is 1. The number of alkyl carbamates (subject to hydrolysis) is 1. The first-order valence-electron chi connectivity index (χ1n) is 10.3. The smallest absolute Gasteiger partial charge is 0.407 e. The molecule has 2 atom stereocenters. The van der Waals surface area contributed by atoms with E-state index in [4.69, 9.17) is 10.00 Å². The molecule has 0 aliphatic carbocycles. The number of ether oxygens (including phenoxy) is 1. The Morgan fingerprint density at radius 1 is 1.21 bits per heavy atom. The third-order valence-electron chi connectivity index (χ3n) is 4.56. The van der Waals surface area contributed by atoms with Crippen LogP contribution < -0.4 is 10.6 Å². The van der Waals surface area contributed by atoms with E-state index in [1.807, 2.05) is 51.1 Å². The maximum absolute atomic E-state index is 12.3. The summed E-state index contributed by atoms with van der Waals surface area (Å²) in [6.07, 6.45) is 1.57. The molecule has 0 spiro atoms. The van der Waals surface area contributed by atoms with Crippen LogP contribution >= 0.6 is 0 Å². The molecule has 0 fully saturated rings. The third-order valence-corrected chi connectivity index (χ3v) is 4.56. The van der Waals surface area contributed by atoms with Crippen LogP contribution in [0.4, 0.5) is 4.79 Å². The van der Waals surface area contributed by atoms with E-state index in [9.17, 15) is 9.90 Å². The van der Waals surface area contributed by atoms with Gasteiger partial charge in [0.05, 0.1) is 18.2 Å². The van der Waals surface area contributed by atoms with Gasteiger partial charge in [0.1, 0.15) is 5.60 Å². The number of nitrogens with one attached hydrogen (secondary N) is 2. The number of benzene rings is 1. The first-order chi connectivity index (χ1) is 13.5. The zero-order valence-electron chi connectivity index (χ0n) is 18.5. The predicted octanol–water partition coefficient (Wildman–Crippen LogP) is 3.79. The Balaban J connectivity index is 2.66. The number of nitriles is 1. The van der Waals surface area contributed by atoms with Crippen molar-refractivity contribution in [2.75, 3.05) is 13.1 Å². The molecule has 0 aromatic heterocycles. The highest BCUT2D eigenvalue weighted by molar-refractivity contribution is 5.68. The molecule has 0 aliphatic heterocycles. The van der Waals surface area contributed by atoms with Crippen molar-refractivity contribution in [3.63, 3.8) is 0 Å². The first kappa shape index (κ1) is 24.9. The summed E-state index contributed by atoms with van der Waals surface area (Å²) in [7, 11) is 0. The van der Waals surface area contributed by atoms with E-state index in [-0.39, 0.29) is 5.41 Å². The lowest BCUT2D eigenvalue weighted by Crippen LogP contribution is -2.50. The van der Waals surface area contributed by atoms with Gasteiger partial charge in [-0.05, 0) is 51.0 Å². The highest BCUT2D eigenvalue weighted by atomic mass is 16.6. The minimum Gasteiger partial charge on any atom is -0.444 e. The lowest BCUT2D eigenvalue weighted by atomic mass is 9.87. The molecule has 6 heteroatoms. The van der Waals surface area contributed by atoms with Gasteiger partial charge in [-0.1, -0.05) is 44.2 Å². The Labute approximate surface area is 175 Å². The van der Waals surface area contributed by atoms with E-state index < -0.39 is 23.8 Å². The molecular weight excluding hydrogens is 366 g/mol. The number of unbranched alkanes of at least 4 members (excludes halogenated alkanes) is 1. The van der Waals surface area contributed by atoms with Gasteiger partial charge in [-0.25, -0.2) is 4.79 Å². The Bertz CT molecular complexity index is 648. The number of nitrogens with zero attached hydrogens (tertiary/aromatic N) is 1. The molecule has 1 rings (SSSR count). The number of aliphatic hydroxyl groups is 1. The Hall–Kier alpha value is -2.10. The van der Waals surface area contributed by atoms with Crippen LogP contribution in [0.3, 0.4) is 0 Å². The van der Waals surface area contributed by atoms with E-state index in [0.717, 1.165) is 24.9 Å². The summed E-state index contributed by atoms with van der Waals surface area (Å²) in [5.41, 5.74) is 0.465. The van der Waals surface area contributed by atoms with Crippen LogP contribution in [0.2, 0.25) is 0 Å². The minimum absolute atomic E-state index is 0.0318. The van der Waals surface area contributed by atoms with Gasteiger partial charge in [-0.2, -0.15) is 5.26 Å². The lowest BCUT2D eigenvalue weighted by molar-refractivity contribution is 0.0420. The zero-order chi connectivity index (χ0) is 21.9. The summed E-state index contributed by atoms with van der Waals surface area (Å²) in [5, 5.41) is 25.6.